The molecular formula is C14H9F6N. The summed E-state index contributed by atoms with van der Waals surface area (Å²) in [5, 5.41) is 0. The van der Waals surface area contributed by atoms with Crippen molar-refractivity contribution in [2.45, 2.75) is 12.2 Å². The average molecular weight is 305 g/mol. The van der Waals surface area contributed by atoms with Gasteiger partial charge in [0.2, 0.25) is 0 Å². The molecule has 2 aromatic rings. The second-order valence-electron chi connectivity index (χ2n) is 4.37. The van der Waals surface area contributed by atoms with E-state index in [1.54, 1.807) is 0 Å². The Balaban J connectivity index is 2.46. The smallest absolute Gasteiger partial charge is 0.320 e. The Hall–Kier alpha value is -2.02. The third-order valence-corrected chi connectivity index (χ3v) is 2.97. The molecule has 1 nitrogen and oxygen atoms in total. The summed E-state index contributed by atoms with van der Waals surface area (Å²) in [5.41, 5.74) is 4.21. The standard InChI is InChI=1S/C14H9F6N/c15-10-5-4-9(11(16)12(10)17)13(21)7-2-1-3-8(6-7)14(18,19)20/h1-6,13H,21H2. The molecule has 0 aliphatic rings. The maximum absolute atomic E-state index is 13.6. The molecule has 0 bridgehead atoms. The van der Waals surface area contributed by atoms with Gasteiger partial charge in [0, 0.05) is 5.56 Å². The lowest BCUT2D eigenvalue weighted by molar-refractivity contribution is -0.137. The highest BCUT2D eigenvalue weighted by molar-refractivity contribution is 5.36. The molecule has 0 aromatic heterocycles. The Labute approximate surface area is 116 Å². The quantitative estimate of drug-likeness (QED) is 0.654. The molecule has 1 unspecified atom stereocenters. The van der Waals surface area contributed by atoms with Gasteiger partial charge in [0.15, 0.2) is 17.5 Å². The highest BCUT2D eigenvalue weighted by Gasteiger charge is 2.31. The molecule has 2 N–H and O–H groups in total. The van der Waals surface area contributed by atoms with Crippen LogP contribution in [-0.4, -0.2) is 0 Å². The average Bonchev–Trinajstić information content (AvgIpc) is 2.43. The van der Waals surface area contributed by atoms with E-state index in [1.807, 2.05) is 0 Å². The number of benzene rings is 2. The van der Waals surface area contributed by atoms with Gasteiger partial charge in [0.25, 0.3) is 0 Å². The summed E-state index contributed by atoms with van der Waals surface area (Å²) in [4.78, 5) is 0. The van der Waals surface area contributed by atoms with Gasteiger partial charge in [-0.15, -0.1) is 0 Å². The van der Waals surface area contributed by atoms with Crippen LogP contribution in [0.1, 0.15) is 22.7 Å². The monoisotopic (exact) mass is 305 g/mol. The molecule has 0 aliphatic carbocycles. The van der Waals surface area contributed by atoms with Crippen LogP contribution in [0.5, 0.6) is 0 Å². The van der Waals surface area contributed by atoms with Crippen LogP contribution < -0.4 is 5.73 Å². The van der Waals surface area contributed by atoms with E-state index >= 15 is 0 Å². The van der Waals surface area contributed by atoms with Gasteiger partial charge >= 0.3 is 6.18 Å². The van der Waals surface area contributed by atoms with Crippen LogP contribution in [0.4, 0.5) is 26.3 Å². The number of rotatable bonds is 2. The Kier molecular flexibility index (Phi) is 3.95. The fourth-order valence-corrected chi connectivity index (χ4v) is 1.87. The van der Waals surface area contributed by atoms with Crippen LogP contribution in [0.15, 0.2) is 36.4 Å². The zero-order chi connectivity index (χ0) is 15.8. The van der Waals surface area contributed by atoms with Crippen molar-refractivity contribution in [2.24, 2.45) is 5.73 Å². The first kappa shape index (κ1) is 15.4. The molecule has 0 heterocycles. The van der Waals surface area contributed by atoms with Crippen LogP contribution in [0.2, 0.25) is 0 Å². The van der Waals surface area contributed by atoms with Gasteiger partial charge in [-0.3, -0.25) is 0 Å². The predicted octanol–water partition coefficient (Wildman–Crippen LogP) is 4.17. The molecule has 0 amide bonds. The van der Waals surface area contributed by atoms with Crippen molar-refractivity contribution in [3.05, 3.63) is 70.5 Å². The zero-order valence-electron chi connectivity index (χ0n) is 10.4. The summed E-state index contributed by atoms with van der Waals surface area (Å²) in [5.74, 6) is -4.62. The third-order valence-electron chi connectivity index (χ3n) is 2.97. The van der Waals surface area contributed by atoms with E-state index in [-0.39, 0.29) is 5.56 Å². The lowest BCUT2D eigenvalue weighted by atomic mass is 9.97. The summed E-state index contributed by atoms with van der Waals surface area (Å²) >= 11 is 0. The number of nitrogens with two attached hydrogens (primary N) is 1. The fraction of sp³-hybridized carbons (Fsp3) is 0.143. The van der Waals surface area contributed by atoms with Crippen molar-refractivity contribution in [3.63, 3.8) is 0 Å². The second kappa shape index (κ2) is 5.40. The normalized spacial score (nSPS) is 13.3. The molecule has 0 aliphatic heterocycles. The van der Waals surface area contributed by atoms with Crippen LogP contribution in [0.3, 0.4) is 0 Å². The molecule has 2 rings (SSSR count). The van der Waals surface area contributed by atoms with Gasteiger partial charge < -0.3 is 5.73 Å². The molecule has 0 saturated heterocycles. The summed E-state index contributed by atoms with van der Waals surface area (Å²) in [6.07, 6.45) is -4.58. The van der Waals surface area contributed by atoms with Crippen molar-refractivity contribution in [1.82, 2.24) is 0 Å². The summed E-state index contributed by atoms with van der Waals surface area (Å²) in [7, 11) is 0. The van der Waals surface area contributed by atoms with Crippen LogP contribution in [0.25, 0.3) is 0 Å². The number of alkyl halides is 3. The molecule has 112 valence electrons. The van der Waals surface area contributed by atoms with Gasteiger partial charge in [-0.2, -0.15) is 13.2 Å². The molecular weight excluding hydrogens is 296 g/mol. The first-order valence-electron chi connectivity index (χ1n) is 5.78. The fourth-order valence-electron chi connectivity index (χ4n) is 1.87. The van der Waals surface area contributed by atoms with Gasteiger partial charge in [-0.05, 0) is 23.8 Å². The Morgan fingerprint density at radius 2 is 1.57 bits per heavy atom. The number of halogens is 6. The first-order valence-corrected chi connectivity index (χ1v) is 5.78. The Bertz CT molecular complexity index is 665. The number of hydrogen-bond donors (Lipinski definition) is 1. The summed E-state index contributed by atoms with van der Waals surface area (Å²) in [6, 6.07) is 4.15. The Morgan fingerprint density at radius 1 is 0.905 bits per heavy atom. The largest absolute Gasteiger partial charge is 0.416 e. The van der Waals surface area contributed by atoms with Crippen molar-refractivity contribution in [1.29, 1.82) is 0 Å². The van der Waals surface area contributed by atoms with E-state index in [9.17, 15) is 26.3 Å². The maximum Gasteiger partial charge on any atom is 0.416 e. The van der Waals surface area contributed by atoms with Crippen molar-refractivity contribution < 1.29 is 26.3 Å². The molecule has 7 heteroatoms. The van der Waals surface area contributed by atoms with E-state index in [0.29, 0.717) is 6.07 Å². The van der Waals surface area contributed by atoms with Crippen LogP contribution in [-0.2, 0) is 6.18 Å². The summed E-state index contributed by atoms with van der Waals surface area (Å²) in [6.45, 7) is 0. The topological polar surface area (TPSA) is 26.0 Å². The van der Waals surface area contributed by atoms with Gasteiger partial charge in [0.1, 0.15) is 0 Å². The third kappa shape index (κ3) is 3.02. The van der Waals surface area contributed by atoms with E-state index in [2.05, 4.69) is 0 Å². The lowest BCUT2D eigenvalue weighted by Gasteiger charge is -2.16. The second-order valence-corrected chi connectivity index (χ2v) is 4.37. The van der Waals surface area contributed by atoms with Crippen molar-refractivity contribution in [3.8, 4) is 0 Å². The predicted molar refractivity (Wildman–Crippen MR) is 63.8 cm³/mol. The molecule has 0 spiro atoms. The SMILES string of the molecule is NC(c1cccc(C(F)(F)F)c1)c1ccc(F)c(F)c1F. The molecule has 21 heavy (non-hydrogen) atoms. The van der Waals surface area contributed by atoms with E-state index < -0.39 is 40.8 Å². The van der Waals surface area contributed by atoms with Crippen LogP contribution in [0, 0.1) is 17.5 Å². The van der Waals surface area contributed by atoms with Crippen molar-refractivity contribution >= 4 is 0 Å². The van der Waals surface area contributed by atoms with Gasteiger partial charge in [-0.25, -0.2) is 13.2 Å². The number of hydrogen-bond acceptors (Lipinski definition) is 1. The molecule has 1 atom stereocenters. The highest BCUT2D eigenvalue weighted by Crippen LogP contribution is 2.32. The minimum Gasteiger partial charge on any atom is -0.320 e. The molecule has 2 aromatic carbocycles. The van der Waals surface area contributed by atoms with E-state index in [1.165, 1.54) is 6.07 Å². The maximum atomic E-state index is 13.6. The minimum atomic E-state index is -4.58. The minimum absolute atomic E-state index is 0.0604. The van der Waals surface area contributed by atoms with Crippen LogP contribution >= 0.6 is 0 Å². The zero-order valence-corrected chi connectivity index (χ0v) is 10.4. The Morgan fingerprint density at radius 3 is 2.19 bits per heavy atom. The summed E-state index contributed by atoms with van der Waals surface area (Å²) < 4.78 is 77.4. The van der Waals surface area contributed by atoms with E-state index in [4.69, 9.17) is 5.73 Å². The molecule has 0 fully saturated rings. The molecule has 0 radical (unpaired) electrons. The lowest BCUT2D eigenvalue weighted by Crippen LogP contribution is -2.16. The van der Waals surface area contributed by atoms with Gasteiger partial charge in [0.05, 0.1) is 11.6 Å². The first-order chi connectivity index (χ1) is 9.71. The molecule has 0 saturated carbocycles. The highest BCUT2D eigenvalue weighted by atomic mass is 19.4. The van der Waals surface area contributed by atoms with Gasteiger partial charge in [-0.1, -0.05) is 18.2 Å². The van der Waals surface area contributed by atoms with Crippen molar-refractivity contribution in [2.75, 3.05) is 0 Å². The van der Waals surface area contributed by atoms with E-state index in [0.717, 1.165) is 24.3 Å².